The SMILES string of the molecule is O=C(O)CN(CCN(CC(=O)O)Cc1ccccc1OC(=O)C(F)(F)F)Cc1ccccc1O. The minimum atomic E-state index is -5.20. The summed E-state index contributed by atoms with van der Waals surface area (Å²) in [4.78, 5) is 36.7. The first kappa shape index (κ1) is 26.6. The van der Waals surface area contributed by atoms with Crippen LogP contribution in [0.3, 0.4) is 0 Å². The van der Waals surface area contributed by atoms with E-state index in [9.17, 15) is 42.9 Å². The number of carbonyl (C=O) groups excluding carboxylic acids is 1. The Labute approximate surface area is 192 Å². The third-order valence-electron chi connectivity index (χ3n) is 4.64. The van der Waals surface area contributed by atoms with Gasteiger partial charge in [-0.1, -0.05) is 36.4 Å². The molecule has 0 aliphatic carbocycles. The third-order valence-corrected chi connectivity index (χ3v) is 4.64. The molecule has 0 unspecified atom stereocenters. The minimum absolute atomic E-state index is 0.0225. The highest BCUT2D eigenvalue weighted by molar-refractivity contribution is 5.78. The second-order valence-electron chi connectivity index (χ2n) is 7.33. The zero-order valence-electron chi connectivity index (χ0n) is 17.9. The molecule has 3 N–H and O–H groups in total. The molecule has 0 fully saturated rings. The second-order valence-corrected chi connectivity index (χ2v) is 7.33. The molecule has 0 aromatic heterocycles. The Morgan fingerprint density at radius 2 is 1.26 bits per heavy atom. The first-order valence-electron chi connectivity index (χ1n) is 9.97. The zero-order valence-corrected chi connectivity index (χ0v) is 17.9. The summed E-state index contributed by atoms with van der Waals surface area (Å²) in [5, 5.41) is 28.4. The Hall–Kier alpha value is -3.64. The fourth-order valence-corrected chi connectivity index (χ4v) is 3.11. The number of aliphatic carboxylic acids is 2. The lowest BCUT2D eigenvalue weighted by atomic mass is 10.1. The van der Waals surface area contributed by atoms with E-state index in [1.165, 1.54) is 34.1 Å². The average Bonchev–Trinajstić information content (AvgIpc) is 2.73. The number of rotatable bonds is 12. The van der Waals surface area contributed by atoms with Crippen LogP contribution in [0.25, 0.3) is 0 Å². The number of carboxylic acids is 2. The Morgan fingerprint density at radius 1 is 0.794 bits per heavy atom. The standard InChI is InChI=1S/C22H23F3N2O7/c23-22(24,25)21(33)34-18-8-4-2-6-16(18)12-27(14-20(31)32)10-9-26(13-19(29)30)11-15-5-1-3-7-17(15)28/h1-8,28H,9-14H2,(H,29,30)(H,31,32). The van der Waals surface area contributed by atoms with Crippen molar-refractivity contribution in [1.82, 2.24) is 9.80 Å². The van der Waals surface area contributed by atoms with Gasteiger partial charge in [-0.2, -0.15) is 13.2 Å². The Kier molecular flexibility index (Phi) is 9.39. The van der Waals surface area contributed by atoms with E-state index in [2.05, 4.69) is 4.74 Å². The maximum Gasteiger partial charge on any atom is 0.491 e. The average molecular weight is 484 g/mol. The van der Waals surface area contributed by atoms with Crippen molar-refractivity contribution < 1.29 is 47.6 Å². The lowest BCUT2D eigenvalue weighted by Crippen LogP contribution is -2.39. The monoisotopic (exact) mass is 484 g/mol. The number of carbonyl (C=O) groups is 3. The van der Waals surface area contributed by atoms with Crippen LogP contribution in [-0.4, -0.2) is 75.4 Å². The van der Waals surface area contributed by atoms with Gasteiger partial charge in [0.15, 0.2) is 0 Å². The van der Waals surface area contributed by atoms with Crippen LogP contribution < -0.4 is 4.74 Å². The highest BCUT2D eigenvalue weighted by atomic mass is 19.4. The lowest BCUT2D eigenvalue weighted by Gasteiger charge is -2.26. The van der Waals surface area contributed by atoms with Crippen LogP contribution in [0.5, 0.6) is 11.5 Å². The number of halogens is 3. The topological polar surface area (TPSA) is 128 Å². The quantitative estimate of drug-likeness (QED) is 0.307. The molecular formula is C22H23F3N2O7. The molecule has 12 heteroatoms. The second kappa shape index (κ2) is 12.0. The Balaban J connectivity index is 2.16. The van der Waals surface area contributed by atoms with Crippen molar-refractivity contribution in [3.63, 3.8) is 0 Å². The van der Waals surface area contributed by atoms with Crippen molar-refractivity contribution in [3.8, 4) is 11.5 Å². The third kappa shape index (κ3) is 8.71. The molecule has 0 amide bonds. The molecule has 0 atom stereocenters. The number of esters is 1. The predicted octanol–water partition coefficient (Wildman–Crippen LogP) is 2.33. The Morgan fingerprint density at radius 3 is 1.76 bits per heavy atom. The van der Waals surface area contributed by atoms with Crippen molar-refractivity contribution in [2.75, 3.05) is 26.2 Å². The summed E-state index contributed by atoms with van der Waals surface area (Å²) >= 11 is 0. The molecule has 2 aromatic rings. The number of para-hydroxylation sites is 2. The van der Waals surface area contributed by atoms with Gasteiger partial charge < -0.3 is 20.1 Å². The van der Waals surface area contributed by atoms with Crippen LogP contribution in [0.15, 0.2) is 48.5 Å². The summed E-state index contributed by atoms with van der Waals surface area (Å²) in [7, 11) is 0. The molecule has 0 aliphatic rings. The maximum absolute atomic E-state index is 12.6. The number of benzene rings is 2. The van der Waals surface area contributed by atoms with Gasteiger partial charge in [0.1, 0.15) is 11.5 Å². The van der Waals surface area contributed by atoms with Gasteiger partial charge in [-0.05, 0) is 12.1 Å². The molecule has 2 aromatic carbocycles. The highest BCUT2D eigenvalue weighted by Crippen LogP contribution is 2.24. The van der Waals surface area contributed by atoms with Crippen LogP contribution >= 0.6 is 0 Å². The summed E-state index contributed by atoms with van der Waals surface area (Å²) in [6, 6.07) is 11.8. The van der Waals surface area contributed by atoms with Gasteiger partial charge in [0.2, 0.25) is 0 Å². The number of carboxylic acid groups (broad SMARTS) is 2. The van der Waals surface area contributed by atoms with Gasteiger partial charge in [0, 0.05) is 37.3 Å². The van der Waals surface area contributed by atoms with Crippen molar-refractivity contribution in [3.05, 3.63) is 59.7 Å². The first-order chi connectivity index (χ1) is 16.0. The fourth-order valence-electron chi connectivity index (χ4n) is 3.11. The van der Waals surface area contributed by atoms with Crippen LogP contribution in [0, 0.1) is 0 Å². The van der Waals surface area contributed by atoms with Crippen molar-refractivity contribution in [2.45, 2.75) is 19.3 Å². The van der Waals surface area contributed by atoms with Crippen LogP contribution in [0.2, 0.25) is 0 Å². The summed E-state index contributed by atoms with van der Waals surface area (Å²) in [5.41, 5.74) is 0.616. The first-order valence-corrected chi connectivity index (χ1v) is 9.97. The number of ether oxygens (including phenoxy) is 1. The lowest BCUT2D eigenvalue weighted by molar-refractivity contribution is -0.189. The molecule has 0 saturated heterocycles. The van der Waals surface area contributed by atoms with Crippen LogP contribution in [-0.2, 0) is 27.5 Å². The van der Waals surface area contributed by atoms with Crippen molar-refractivity contribution in [1.29, 1.82) is 0 Å². The van der Waals surface area contributed by atoms with Crippen LogP contribution in [0.4, 0.5) is 13.2 Å². The molecule has 0 radical (unpaired) electrons. The van der Waals surface area contributed by atoms with Gasteiger partial charge in [-0.15, -0.1) is 0 Å². The van der Waals surface area contributed by atoms with Gasteiger partial charge in [-0.25, -0.2) is 4.79 Å². The normalized spacial score (nSPS) is 11.6. The van der Waals surface area contributed by atoms with E-state index in [0.717, 1.165) is 6.07 Å². The Bertz CT molecular complexity index is 1010. The van der Waals surface area contributed by atoms with Gasteiger partial charge in [0.25, 0.3) is 0 Å². The molecule has 0 spiro atoms. The number of phenolic OH excluding ortho intramolecular Hbond substituents is 1. The van der Waals surface area contributed by atoms with Crippen LogP contribution in [0.1, 0.15) is 11.1 Å². The largest absolute Gasteiger partial charge is 0.508 e. The fraction of sp³-hybridized carbons (Fsp3) is 0.318. The molecule has 9 nitrogen and oxygen atoms in total. The van der Waals surface area contributed by atoms with E-state index in [0.29, 0.717) is 5.56 Å². The summed E-state index contributed by atoms with van der Waals surface area (Å²) < 4.78 is 42.2. The molecule has 0 bridgehead atoms. The number of aromatic hydroxyl groups is 1. The molecule has 34 heavy (non-hydrogen) atoms. The molecular weight excluding hydrogens is 461 g/mol. The number of alkyl halides is 3. The molecule has 2 rings (SSSR count). The predicted molar refractivity (Wildman–Crippen MR) is 112 cm³/mol. The van der Waals surface area contributed by atoms with E-state index in [4.69, 9.17) is 0 Å². The number of nitrogens with zero attached hydrogens (tertiary/aromatic N) is 2. The van der Waals surface area contributed by atoms with E-state index >= 15 is 0 Å². The summed E-state index contributed by atoms with van der Waals surface area (Å²) in [6.07, 6.45) is -5.20. The summed E-state index contributed by atoms with van der Waals surface area (Å²) in [5.74, 6) is -5.14. The zero-order chi connectivity index (χ0) is 25.3. The maximum atomic E-state index is 12.6. The minimum Gasteiger partial charge on any atom is -0.508 e. The van der Waals surface area contributed by atoms with E-state index in [1.54, 1.807) is 18.2 Å². The van der Waals surface area contributed by atoms with E-state index in [-0.39, 0.29) is 43.2 Å². The van der Waals surface area contributed by atoms with Crippen molar-refractivity contribution >= 4 is 17.9 Å². The van der Waals surface area contributed by atoms with Crippen molar-refractivity contribution in [2.24, 2.45) is 0 Å². The molecule has 184 valence electrons. The smallest absolute Gasteiger partial charge is 0.491 e. The van der Waals surface area contributed by atoms with Gasteiger partial charge in [0.05, 0.1) is 13.1 Å². The van der Waals surface area contributed by atoms with Gasteiger partial charge in [-0.3, -0.25) is 19.4 Å². The number of hydrogen-bond acceptors (Lipinski definition) is 7. The molecule has 0 aliphatic heterocycles. The number of phenols is 1. The number of hydrogen-bond donors (Lipinski definition) is 3. The van der Waals surface area contributed by atoms with E-state index < -0.39 is 37.2 Å². The van der Waals surface area contributed by atoms with Gasteiger partial charge >= 0.3 is 24.1 Å². The summed E-state index contributed by atoms with van der Waals surface area (Å²) in [6.45, 7) is -0.911. The van der Waals surface area contributed by atoms with E-state index in [1.807, 2.05) is 0 Å². The highest BCUT2D eigenvalue weighted by Gasteiger charge is 2.41. The molecule has 0 saturated carbocycles. The molecule has 0 heterocycles.